The van der Waals surface area contributed by atoms with E-state index in [1.54, 1.807) is 29.2 Å². The van der Waals surface area contributed by atoms with Gasteiger partial charge in [-0.2, -0.15) is 0 Å². The maximum atomic E-state index is 13.7. The number of nitrogens with one attached hydrogen (secondary N) is 1. The molecule has 3 rings (SSSR count). The molecule has 1 N–H and O–H groups in total. The fourth-order valence-corrected chi connectivity index (χ4v) is 2.86. The van der Waals surface area contributed by atoms with E-state index in [1.165, 1.54) is 18.2 Å². The summed E-state index contributed by atoms with van der Waals surface area (Å²) < 4.78 is 13.7. The Hall–Kier alpha value is -2.80. The highest BCUT2D eigenvalue weighted by molar-refractivity contribution is 6.03. The third kappa shape index (κ3) is 4.05. The van der Waals surface area contributed by atoms with Crippen LogP contribution in [0, 0.1) is 5.82 Å². The Bertz CT molecular complexity index is 804. The number of carbonyl (C=O) groups excluding carboxylic acids is 2. The van der Waals surface area contributed by atoms with Gasteiger partial charge in [0, 0.05) is 26.2 Å². The highest BCUT2D eigenvalue weighted by Gasteiger charge is 2.23. The minimum Gasteiger partial charge on any atom is -0.335 e. The van der Waals surface area contributed by atoms with Crippen LogP contribution in [0.2, 0.25) is 0 Å². The van der Waals surface area contributed by atoms with Crippen LogP contribution in [0.5, 0.6) is 0 Å². The topological polar surface area (TPSA) is 65.5 Å². The van der Waals surface area contributed by atoms with Gasteiger partial charge in [0.05, 0.1) is 5.69 Å². The van der Waals surface area contributed by atoms with Crippen molar-refractivity contribution in [3.63, 3.8) is 0 Å². The molecule has 1 saturated heterocycles. The molecule has 1 aromatic heterocycles. The second-order valence-corrected chi connectivity index (χ2v) is 6.07. The van der Waals surface area contributed by atoms with Gasteiger partial charge in [-0.05, 0) is 30.8 Å². The van der Waals surface area contributed by atoms with E-state index in [4.69, 9.17) is 0 Å². The van der Waals surface area contributed by atoms with E-state index >= 15 is 0 Å². The number of benzene rings is 1. The minimum absolute atomic E-state index is 0.0753. The quantitative estimate of drug-likeness (QED) is 0.913. The van der Waals surface area contributed by atoms with Crippen LogP contribution in [0.3, 0.4) is 0 Å². The van der Waals surface area contributed by atoms with Crippen LogP contribution in [0.1, 0.15) is 27.9 Å². The number of hydrogen-bond donors (Lipinski definition) is 1. The van der Waals surface area contributed by atoms with Crippen molar-refractivity contribution in [2.24, 2.45) is 0 Å². The molecule has 0 spiro atoms. The van der Waals surface area contributed by atoms with Crippen molar-refractivity contribution < 1.29 is 14.0 Å². The van der Waals surface area contributed by atoms with Crippen molar-refractivity contribution in [2.45, 2.75) is 6.92 Å². The van der Waals surface area contributed by atoms with Crippen LogP contribution in [-0.4, -0.2) is 59.3 Å². The van der Waals surface area contributed by atoms with Gasteiger partial charge in [-0.25, -0.2) is 9.37 Å². The Kier molecular flexibility index (Phi) is 5.58. The molecule has 0 aliphatic carbocycles. The molecule has 0 unspecified atom stereocenters. The first-order valence-electron chi connectivity index (χ1n) is 8.63. The number of pyridine rings is 1. The summed E-state index contributed by atoms with van der Waals surface area (Å²) in [5.41, 5.74) is 0.370. The summed E-state index contributed by atoms with van der Waals surface area (Å²) in [5, 5.41) is 2.48. The summed E-state index contributed by atoms with van der Waals surface area (Å²) >= 11 is 0. The lowest BCUT2D eigenvalue weighted by molar-refractivity contribution is 0.0637. The summed E-state index contributed by atoms with van der Waals surface area (Å²) in [5.74, 6) is -1.27. The molecular weight excluding hydrogens is 335 g/mol. The highest BCUT2D eigenvalue weighted by Crippen LogP contribution is 2.14. The van der Waals surface area contributed by atoms with Gasteiger partial charge in [-0.1, -0.05) is 25.1 Å². The molecular formula is C19H21FN4O2. The normalized spacial score (nSPS) is 14.9. The van der Waals surface area contributed by atoms with E-state index in [1.807, 2.05) is 0 Å². The minimum atomic E-state index is -0.555. The van der Waals surface area contributed by atoms with E-state index in [9.17, 15) is 14.0 Å². The number of para-hydroxylation sites is 1. The van der Waals surface area contributed by atoms with Gasteiger partial charge in [-0.15, -0.1) is 0 Å². The number of rotatable bonds is 4. The van der Waals surface area contributed by atoms with E-state index in [0.29, 0.717) is 13.1 Å². The molecule has 2 aromatic rings. The van der Waals surface area contributed by atoms with Gasteiger partial charge >= 0.3 is 0 Å². The number of likely N-dealkylation sites (N-methyl/N-ethyl adjacent to an activating group) is 1. The molecule has 1 fully saturated rings. The summed E-state index contributed by atoms with van der Waals surface area (Å²) in [7, 11) is 0. The first kappa shape index (κ1) is 18.0. The van der Waals surface area contributed by atoms with Crippen LogP contribution >= 0.6 is 0 Å². The van der Waals surface area contributed by atoms with Crippen LogP contribution in [0.25, 0.3) is 0 Å². The Morgan fingerprint density at radius 2 is 1.73 bits per heavy atom. The standard InChI is InChI=1S/C19H21FN4O2/c1-2-23-10-12-24(13-11-23)19(26)17-9-5-8-16(21-17)18(25)22-15-7-4-3-6-14(15)20/h3-9H,2,10-13H2,1H3,(H,22,25). The van der Waals surface area contributed by atoms with E-state index < -0.39 is 11.7 Å². The number of piperazine rings is 1. The molecule has 1 aliphatic heterocycles. The third-order valence-electron chi connectivity index (χ3n) is 4.43. The average Bonchev–Trinajstić information content (AvgIpc) is 2.69. The number of hydrogen-bond acceptors (Lipinski definition) is 4. The molecule has 0 bridgehead atoms. The van der Waals surface area contributed by atoms with Crippen LogP contribution in [0.4, 0.5) is 10.1 Å². The van der Waals surface area contributed by atoms with Crippen molar-refractivity contribution in [1.82, 2.24) is 14.8 Å². The molecule has 26 heavy (non-hydrogen) atoms. The molecule has 136 valence electrons. The van der Waals surface area contributed by atoms with E-state index in [2.05, 4.69) is 22.1 Å². The zero-order chi connectivity index (χ0) is 18.5. The molecule has 1 aliphatic rings. The number of aromatic nitrogens is 1. The van der Waals surface area contributed by atoms with Gasteiger partial charge in [0.1, 0.15) is 17.2 Å². The molecule has 1 aromatic carbocycles. The Morgan fingerprint density at radius 1 is 1.04 bits per heavy atom. The first-order valence-corrected chi connectivity index (χ1v) is 8.63. The van der Waals surface area contributed by atoms with Gasteiger partial charge < -0.3 is 15.1 Å². The van der Waals surface area contributed by atoms with Crippen LogP contribution in [-0.2, 0) is 0 Å². The Morgan fingerprint density at radius 3 is 2.42 bits per heavy atom. The highest BCUT2D eigenvalue weighted by atomic mass is 19.1. The average molecular weight is 356 g/mol. The van der Waals surface area contributed by atoms with Crippen molar-refractivity contribution in [3.8, 4) is 0 Å². The number of anilines is 1. The van der Waals surface area contributed by atoms with Crippen LogP contribution < -0.4 is 5.32 Å². The second kappa shape index (κ2) is 8.05. The lowest BCUT2D eigenvalue weighted by Crippen LogP contribution is -2.48. The Balaban J connectivity index is 1.71. The van der Waals surface area contributed by atoms with Gasteiger partial charge in [0.25, 0.3) is 11.8 Å². The zero-order valence-corrected chi connectivity index (χ0v) is 14.6. The summed E-state index contributed by atoms with van der Waals surface area (Å²) in [6.07, 6.45) is 0. The summed E-state index contributed by atoms with van der Waals surface area (Å²) in [6, 6.07) is 10.6. The fraction of sp³-hybridized carbons (Fsp3) is 0.316. The Labute approximate surface area is 151 Å². The molecule has 0 atom stereocenters. The van der Waals surface area contributed by atoms with E-state index in [0.717, 1.165) is 19.6 Å². The number of carbonyl (C=O) groups is 2. The van der Waals surface area contributed by atoms with Crippen molar-refractivity contribution in [2.75, 3.05) is 38.0 Å². The van der Waals surface area contributed by atoms with Gasteiger partial charge in [0.15, 0.2) is 0 Å². The SMILES string of the molecule is CCN1CCN(C(=O)c2cccc(C(=O)Nc3ccccc3F)n2)CC1. The van der Waals surface area contributed by atoms with Gasteiger partial charge in [-0.3, -0.25) is 9.59 Å². The molecule has 6 nitrogen and oxygen atoms in total. The smallest absolute Gasteiger partial charge is 0.274 e. The lowest BCUT2D eigenvalue weighted by Gasteiger charge is -2.33. The summed E-state index contributed by atoms with van der Waals surface area (Å²) in [6.45, 7) is 5.99. The fourth-order valence-electron chi connectivity index (χ4n) is 2.86. The zero-order valence-electron chi connectivity index (χ0n) is 14.6. The second-order valence-electron chi connectivity index (χ2n) is 6.07. The molecule has 2 amide bonds. The number of halogens is 1. The monoisotopic (exact) mass is 356 g/mol. The molecule has 0 radical (unpaired) electrons. The van der Waals surface area contributed by atoms with Gasteiger partial charge in [0.2, 0.25) is 0 Å². The first-order chi connectivity index (χ1) is 12.6. The summed E-state index contributed by atoms with van der Waals surface area (Å²) in [4.78, 5) is 33.2. The maximum absolute atomic E-state index is 13.7. The van der Waals surface area contributed by atoms with Crippen molar-refractivity contribution in [3.05, 3.63) is 59.7 Å². The molecule has 0 saturated carbocycles. The number of nitrogens with zero attached hydrogens (tertiary/aromatic N) is 3. The maximum Gasteiger partial charge on any atom is 0.274 e. The number of amides is 2. The van der Waals surface area contributed by atoms with E-state index in [-0.39, 0.29) is 23.0 Å². The van der Waals surface area contributed by atoms with Crippen molar-refractivity contribution >= 4 is 17.5 Å². The predicted octanol–water partition coefficient (Wildman–Crippen LogP) is 2.25. The lowest BCUT2D eigenvalue weighted by atomic mass is 10.2. The third-order valence-corrected chi connectivity index (χ3v) is 4.43. The molecule has 2 heterocycles. The van der Waals surface area contributed by atoms with Crippen molar-refractivity contribution in [1.29, 1.82) is 0 Å². The predicted molar refractivity (Wildman–Crippen MR) is 96.6 cm³/mol. The molecule has 7 heteroatoms. The van der Waals surface area contributed by atoms with Crippen LogP contribution in [0.15, 0.2) is 42.5 Å². The largest absolute Gasteiger partial charge is 0.335 e.